The Morgan fingerprint density at radius 2 is 1.69 bits per heavy atom. The first kappa shape index (κ1) is 16.1. The summed E-state index contributed by atoms with van der Waals surface area (Å²) in [6.07, 6.45) is 0. The van der Waals surface area contributed by atoms with Crippen LogP contribution in [-0.2, 0) is 11.3 Å². The summed E-state index contributed by atoms with van der Waals surface area (Å²) in [5.74, 6) is 0.805. The Morgan fingerprint density at radius 1 is 0.962 bits per heavy atom. The third-order valence-electron chi connectivity index (χ3n) is 4.26. The molecule has 4 aromatic rings. The molecule has 0 bridgehead atoms. The molecule has 0 N–H and O–H groups in total. The molecule has 1 heterocycles. The third-order valence-corrected chi connectivity index (χ3v) is 4.26. The van der Waals surface area contributed by atoms with E-state index in [2.05, 4.69) is 4.98 Å². The van der Waals surface area contributed by atoms with Crippen LogP contribution in [-0.4, -0.2) is 11.0 Å². The van der Waals surface area contributed by atoms with Crippen molar-refractivity contribution in [1.82, 2.24) is 4.98 Å². The predicted molar refractivity (Wildman–Crippen MR) is 99.7 cm³/mol. The van der Waals surface area contributed by atoms with Gasteiger partial charge in [0.25, 0.3) is 0 Å². The SMILES string of the molecule is Cc1oc(-c2ccccc2)nc1COC(=O)c1cccc2ccccc12. The van der Waals surface area contributed by atoms with E-state index in [1.54, 1.807) is 6.07 Å². The highest BCUT2D eigenvalue weighted by atomic mass is 16.5. The second kappa shape index (κ2) is 6.84. The number of fused-ring (bicyclic) bond motifs is 1. The summed E-state index contributed by atoms with van der Waals surface area (Å²) in [6.45, 7) is 1.89. The first-order valence-corrected chi connectivity index (χ1v) is 8.39. The average molecular weight is 343 g/mol. The summed E-state index contributed by atoms with van der Waals surface area (Å²) in [5.41, 5.74) is 2.06. The minimum absolute atomic E-state index is 0.0736. The van der Waals surface area contributed by atoms with Gasteiger partial charge in [-0.15, -0.1) is 0 Å². The zero-order valence-corrected chi connectivity index (χ0v) is 14.3. The van der Waals surface area contributed by atoms with Crippen LogP contribution in [0, 0.1) is 6.92 Å². The molecule has 0 amide bonds. The monoisotopic (exact) mass is 343 g/mol. The Balaban J connectivity index is 1.54. The van der Waals surface area contributed by atoms with Crippen LogP contribution in [0.5, 0.6) is 0 Å². The number of aromatic nitrogens is 1. The Bertz CT molecular complexity index is 1060. The van der Waals surface area contributed by atoms with E-state index in [4.69, 9.17) is 9.15 Å². The first-order chi connectivity index (χ1) is 12.7. The number of hydrogen-bond donors (Lipinski definition) is 0. The van der Waals surface area contributed by atoms with Gasteiger partial charge in [0, 0.05) is 5.56 Å². The van der Waals surface area contributed by atoms with Crippen molar-refractivity contribution in [2.75, 3.05) is 0 Å². The number of benzene rings is 3. The van der Waals surface area contributed by atoms with Gasteiger partial charge in [-0.1, -0.05) is 54.6 Å². The maximum Gasteiger partial charge on any atom is 0.339 e. The maximum atomic E-state index is 12.5. The molecule has 0 aliphatic heterocycles. The number of esters is 1. The second-order valence-corrected chi connectivity index (χ2v) is 5.99. The van der Waals surface area contributed by atoms with Crippen LogP contribution in [0.3, 0.4) is 0 Å². The first-order valence-electron chi connectivity index (χ1n) is 8.39. The molecule has 0 saturated carbocycles. The summed E-state index contributed by atoms with van der Waals surface area (Å²) in [6, 6.07) is 23.0. The molecular weight excluding hydrogens is 326 g/mol. The molecule has 4 heteroatoms. The lowest BCUT2D eigenvalue weighted by atomic mass is 10.1. The summed E-state index contributed by atoms with van der Waals surface area (Å²) in [7, 11) is 0. The molecule has 0 saturated heterocycles. The van der Waals surface area contributed by atoms with Crippen LogP contribution in [0.4, 0.5) is 0 Å². The minimum atomic E-state index is -0.370. The Hall–Kier alpha value is -3.40. The third kappa shape index (κ3) is 3.09. The van der Waals surface area contributed by atoms with Gasteiger partial charge in [0.2, 0.25) is 5.89 Å². The van der Waals surface area contributed by atoms with Gasteiger partial charge in [-0.3, -0.25) is 0 Å². The van der Waals surface area contributed by atoms with E-state index < -0.39 is 0 Å². The number of carbonyl (C=O) groups is 1. The molecular formula is C22H17NO3. The topological polar surface area (TPSA) is 52.3 Å². The standard InChI is InChI=1S/C22H17NO3/c1-15-20(23-21(26-15)17-9-3-2-4-10-17)14-25-22(24)19-13-7-11-16-8-5-6-12-18(16)19/h2-13H,14H2,1H3. The maximum absolute atomic E-state index is 12.5. The number of ether oxygens (including phenoxy) is 1. The van der Waals surface area contributed by atoms with E-state index in [0.29, 0.717) is 22.9 Å². The highest BCUT2D eigenvalue weighted by Crippen LogP contribution is 2.23. The van der Waals surface area contributed by atoms with Crippen LogP contribution in [0.25, 0.3) is 22.2 Å². The van der Waals surface area contributed by atoms with Gasteiger partial charge < -0.3 is 9.15 Å². The quantitative estimate of drug-likeness (QED) is 0.480. The van der Waals surface area contributed by atoms with Crippen molar-refractivity contribution in [1.29, 1.82) is 0 Å². The summed E-state index contributed by atoms with van der Waals surface area (Å²) in [4.78, 5) is 17.0. The van der Waals surface area contributed by atoms with Crippen LogP contribution in [0.2, 0.25) is 0 Å². The normalized spacial score (nSPS) is 10.8. The fourth-order valence-electron chi connectivity index (χ4n) is 2.88. The van der Waals surface area contributed by atoms with Crippen LogP contribution in [0.15, 0.2) is 77.2 Å². The average Bonchev–Trinajstić information content (AvgIpc) is 3.07. The van der Waals surface area contributed by atoms with Crippen molar-refractivity contribution in [2.24, 2.45) is 0 Å². The van der Waals surface area contributed by atoms with Crippen LogP contribution >= 0.6 is 0 Å². The van der Waals surface area contributed by atoms with E-state index in [0.717, 1.165) is 16.3 Å². The molecule has 1 aromatic heterocycles. The molecule has 0 radical (unpaired) electrons. The van der Waals surface area contributed by atoms with Crippen molar-refractivity contribution < 1.29 is 13.9 Å². The highest BCUT2D eigenvalue weighted by Gasteiger charge is 2.15. The van der Waals surface area contributed by atoms with Gasteiger partial charge in [-0.05, 0) is 35.9 Å². The highest BCUT2D eigenvalue weighted by molar-refractivity contribution is 6.04. The lowest BCUT2D eigenvalue weighted by Gasteiger charge is -2.06. The molecule has 26 heavy (non-hydrogen) atoms. The molecule has 0 aliphatic carbocycles. The van der Waals surface area contributed by atoms with Gasteiger partial charge in [0.1, 0.15) is 18.1 Å². The van der Waals surface area contributed by atoms with Crippen LogP contribution in [0.1, 0.15) is 21.8 Å². The number of oxazole rings is 1. The van der Waals surface area contributed by atoms with Gasteiger partial charge in [-0.25, -0.2) is 9.78 Å². The van der Waals surface area contributed by atoms with Crippen LogP contribution < -0.4 is 0 Å². The van der Waals surface area contributed by atoms with Crippen molar-refractivity contribution in [3.05, 3.63) is 89.8 Å². The molecule has 0 spiro atoms. The summed E-state index contributed by atoms with van der Waals surface area (Å²) in [5, 5.41) is 1.88. The van der Waals surface area contributed by atoms with Gasteiger partial charge >= 0.3 is 5.97 Å². The Kier molecular flexibility index (Phi) is 4.23. The van der Waals surface area contributed by atoms with Crippen molar-refractivity contribution in [2.45, 2.75) is 13.5 Å². The number of rotatable bonds is 4. The van der Waals surface area contributed by atoms with Crippen molar-refractivity contribution in [3.63, 3.8) is 0 Å². The summed E-state index contributed by atoms with van der Waals surface area (Å²) >= 11 is 0. The summed E-state index contributed by atoms with van der Waals surface area (Å²) < 4.78 is 11.2. The molecule has 128 valence electrons. The smallest absolute Gasteiger partial charge is 0.339 e. The number of carbonyl (C=O) groups excluding carboxylic acids is 1. The lowest BCUT2D eigenvalue weighted by Crippen LogP contribution is -2.06. The Morgan fingerprint density at radius 3 is 2.54 bits per heavy atom. The number of aryl methyl sites for hydroxylation is 1. The van der Waals surface area contributed by atoms with Gasteiger partial charge in [-0.2, -0.15) is 0 Å². The van der Waals surface area contributed by atoms with Gasteiger partial charge in [0.05, 0.1) is 5.56 Å². The second-order valence-electron chi connectivity index (χ2n) is 5.99. The minimum Gasteiger partial charge on any atom is -0.455 e. The molecule has 4 nitrogen and oxygen atoms in total. The lowest BCUT2D eigenvalue weighted by molar-refractivity contribution is 0.0469. The van der Waals surface area contributed by atoms with E-state index in [9.17, 15) is 4.79 Å². The van der Waals surface area contributed by atoms with Gasteiger partial charge in [0.15, 0.2) is 0 Å². The molecule has 4 rings (SSSR count). The fourth-order valence-corrected chi connectivity index (χ4v) is 2.88. The van der Waals surface area contributed by atoms with E-state index in [1.165, 1.54) is 0 Å². The van der Waals surface area contributed by atoms with E-state index in [-0.39, 0.29) is 12.6 Å². The van der Waals surface area contributed by atoms with Crippen molar-refractivity contribution >= 4 is 16.7 Å². The largest absolute Gasteiger partial charge is 0.455 e. The van der Waals surface area contributed by atoms with E-state index in [1.807, 2.05) is 73.7 Å². The molecule has 3 aromatic carbocycles. The Labute approximate surface area is 151 Å². The fraction of sp³-hybridized carbons (Fsp3) is 0.0909. The number of nitrogens with zero attached hydrogens (tertiary/aromatic N) is 1. The molecule has 0 aliphatic rings. The van der Waals surface area contributed by atoms with E-state index >= 15 is 0 Å². The van der Waals surface area contributed by atoms with Crippen molar-refractivity contribution in [3.8, 4) is 11.5 Å². The predicted octanol–water partition coefficient (Wildman–Crippen LogP) is 5.16. The molecule has 0 unspecified atom stereocenters. The zero-order chi connectivity index (χ0) is 17.9. The number of hydrogen-bond acceptors (Lipinski definition) is 4. The zero-order valence-electron chi connectivity index (χ0n) is 14.3. The molecule has 0 atom stereocenters. The molecule has 0 fully saturated rings.